The van der Waals surface area contributed by atoms with Crippen molar-refractivity contribution in [1.29, 1.82) is 0 Å². The number of nitrogens with one attached hydrogen (secondary N) is 1. The molecule has 1 saturated heterocycles. The van der Waals surface area contributed by atoms with E-state index in [2.05, 4.69) is 32.3 Å². The number of morpholine rings is 1. The minimum atomic E-state index is -0.213. The van der Waals surface area contributed by atoms with Crippen LogP contribution in [0.2, 0.25) is 0 Å². The lowest BCUT2D eigenvalue weighted by Crippen LogP contribution is -2.37. The average Bonchev–Trinajstić information content (AvgIpc) is 3.32. The molecule has 0 amide bonds. The SMILES string of the molecule is Cc1cc(-c2ccn3nc(Nc4cc(C)nc(N5CCOCC5)n4)cc3c2)c(OC2CCC(O)CC2)cn1. The van der Waals surface area contributed by atoms with E-state index in [-0.39, 0.29) is 12.2 Å². The van der Waals surface area contributed by atoms with Crippen LogP contribution < -0.4 is 15.0 Å². The molecule has 5 heterocycles. The van der Waals surface area contributed by atoms with Crippen LogP contribution >= 0.6 is 0 Å². The first-order valence-corrected chi connectivity index (χ1v) is 13.3. The second-order valence-electron chi connectivity index (χ2n) is 10.1. The first kappa shape index (κ1) is 24.6. The first-order chi connectivity index (χ1) is 18.5. The summed E-state index contributed by atoms with van der Waals surface area (Å²) in [5.74, 6) is 2.89. The largest absolute Gasteiger partial charge is 0.488 e. The predicted octanol–water partition coefficient (Wildman–Crippen LogP) is 4.07. The monoisotopic (exact) mass is 515 g/mol. The van der Waals surface area contributed by atoms with Crippen LogP contribution in [-0.2, 0) is 4.74 Å². The molecule has 6 rings (SSSR count). The molecule has 0 unspecified atom stereocenters. The summed E-state index contributed by atoms with van der Waals surface area (Å²) in [6.45, 7) is 6.88. The molecule has 4 aromatic rings. The van der Waals surface area contributed by atoms with E-state index in [1.807, 2.05) is 49.0 Å². The zero-order valence-electron chi connectivity index (χ0n) is 21.8. The van der Waals surface area contributed by atoms with Gasteiger partial charge in [0.15, 0.2) is 5.82 Å². The van der Waals surface area contributed by atoms with Gasteiger partial charge in [0, 0.05) is 48.4 Å². The second kappa shape index (κ2) is 10.5. The molecule has 1 aliphatic heterocycles. The zero-order chi connectivity index (χ0) is 26.1. The Morgan fingerprint density at radius 1 is 0.974 bits per heavy atom. The zero-order valence-corrected chi connectivity index (χ0v) is 21.8. The summed E-state index contributed by atoms with van der Waals surface area (Å²) in [5.41, 5.74) is 4.81. The van der Waals surface area contributed by atoms with Gasteiger partial charge in [0.1, 0.15) is 11.6 Å². The molecule has 1 saturated carbocycles. The van der Waals surface area contributed by atoms with Gasteiger partial charge >= 0.3 is 0 Å². The number of aliphatic hydroxyl groups excluding tert-OH is 1. The highest BCUT2D eigenvalue weighted by molar-refractivity contribution is 5.75. The Morgan fingerprint density at radius 2 is 1.79 bits per heavy atom. The number of aryl methyl sites for hydroxylation is 2. The van der Waals surface area contributed by atoms with Crippen LogP contribution in [0.5, 0.6) is 5.75 Å². The summed E-state index contributed by atoms with van der Waals surface area (Å²) in [7, 11) is 0. The van der Waals surface area contributed by atoms with Crippen molar-refractivity contribution in [2.75, 3.05) is 36.5 Å². The summed E-state index contributed by atoms with van der Waals surface area (Å²) >= 11 is 0. The lowest BCUT2D eigenvalue weighted by Gasteiger charge is -2.27. The lowest BCUT2D eigenvalue weighted by molar-refractivity contribution is 0.0667. The molecule has 10 heteroatoms. The van der Waals surface area contributed by atoms with Gasteiger partial charge in [0.05, 0.1) is 37.1 Å². The fourth-order valence-electron chi connectivity index (χ4n) is 5.09. The topological polar surface area (TPSA) is 110 Å². The highest BCUT2D eigenvalue weighted by atomic mass is 16.5. The van der Waals surface area contributed by atoms with Crippen molar-refractivity contribution in [2.45, 2.75) is 51.7 Å². The lowest BCUT2D eigenvalue weighted by atomic mass is 9.95. The molecule has 4 aromatic heterocycles. The number of aliphatic hydroxyl groups is 1. The van der Waals surface area contributed by atoms with Crippen LogP contribution in [0.3, 0.4) is 0 Å². The van der Waals surface area contributed by atoms with E-state index in [1.165, 1.54) is 0 Å². The van der Waals surface area contributed by atoms with E-state index in [0.29, 0.717) is 30.8 Å². The second-order valence-corrected chi connectivity index (χ2v) is 10.1. The van der Waals surface area contributed by atoms with Crippen LogP contribution in [0.15, 0.2) is 42.7 Å². The van der Waals surface area contributed by atoms with Crippen LogP contribution in [-0.4, -0.2) is 68.2 Å². The Morgan fingerprint density at radius 3 is 2.61 bits per heavy atom. The Balaban J connectivity index is 1.25. The molecule has 0 aromatic carbocycles. The number of anilines is 3. The third kappa shape index (κ3) is 5.41. The van der Waals surface area contributed by atoms with E-state index >= 15 is 0 Å². The van der Waals surface area contributed by atoms with Crippen molar-refractivity contribution < 1.29 is 14.6 Å². The maximum Gasteiger partial charge on any atom is 0.227 e. The molecular weight excluding hydrogens is 482 g/mol. The van der Waals surface area contributed by atoms with Gasteiger partial charge in [-0.1, -0.05) is 0 Å². The van der Waals surface area contributed by atoms with Crippen LogP contribution in [0, 0.1) is 13.8 Å². The van der Waals surface area contributed by atoms with Crippen molar-refractivity contribution in [2.24, 2.45) is 0 Å². The summed E-state index contributed by atoms with van der Waals surface area (Å²) in [6, 6.07) is 10.1. The molecule has 2 fully saturated rings. The highest BCUT2D eigenvalue weighted by Gasteiger charge is 2.22. The third-order valence-corrected chi connectivity index (χ3v) is 7.11. The predicted molar refractivity (Wildman–Crippen MR) is 145 cm³/mol. The molecule has 0 radical (unpaired) electrons. The molecule has 0 atom stereocenters. The van der Waals surface area contributed by atoms with E-state index in [0.717, 1.165) is 72.6 Å². The number of fused-ring (bicyclic) bond motifs is 1. The molecular formula is C28H33N7O3. The van der Waals surface area contributed by atoms with E-state index in [9.17, 15) is 5.11 Å². The Bertz CT molecular complexity index is 1430. The van der Waals surface area contributed by atoms with Gasteiger partial charge < -0.3 is 24.8 Å². The number of pyridine rings is 2. The molecule has 2 aliphatic rings. The van der Waals surface area contributed by atoms with Gasteiger partial charge in [0.25, 0.3) is 0 Å². The Hall–Kier alpha value is -3.76. The van der Waals surface area contributed by atoms with Gasteiger partial charge in [0.2, 0.25) is 5.95 Å². The molecule has 0 spiro atoms. The van der Waals surface area contributed by atoms with Crippen molar-refractivity contribution in [3.63, 3.8) is 0 Å². The summed E-state index contributed by atoms with van der Waals surface area (Å²) in [6.07, 6.45) is 6.89. The molecule has 198 valence electrons. The van der Waals surface area contributed by atoms with Crippen LogP contribution in [0.25, 0.3) is 16.6 Å². The quantitative estimate of drug-likeness (QED) is 0.393. The Kier molecular flexibility index (Phi) is 6.82. The van der Waals surface area contributed by atoms with E-state index in [1.54, 1.807) is 0 Å². The number of ether oxygens (including phenoxy) is 2. The first-order valence-electron chi connectivity index (χ1n) is 13.3. The van der Waals surface area contributed by atoms with E-state index in [4.69, 9.17) is 19.6 Å². The fraction of sp³-hybridized carbons (Fsp3) is 0.429. The smallest absolute Gasteiger partial charge is 0.227 e. The number of nitrogens with zero attached hydrogens (tertiary/aromatic N) is 6. The molecule has 38 heavy (non-hydrogen) atoms. The highest BCUT2D eigenvalue weighted by Crippen LogP contribution is 2.34. The van der Waals surface area contributed by atoms with Gasteiger partial charge in [-0.25, -0.2) is 9.50 Å². The van der Waals surface area contributed by atoms with Gasteiger partial charge in [-0.15, -0.1) is 0 Å². The number of aromatic nitrogens is 5. The Labute approximate surface area is 221 Å². The summed E-state index contributed by atoms with van der Waals surface area (Å²) in [5, 5.41) is 17.9. The molecule has 2 N–H and O–H groups in total. The maximum atomic E-state index is 9.85. The van der Waals surface area contributed by atoms with Gasteiger partial charge in [-0.3, -0.25) is 4.98 Å². The molecule has 0 bridgehead atoms. The normalized spacial score (nSPS) is 20.0. The minimum absolute atomic E-state index is 0.0924. The maximum absolute atomic E-state index is 9.85. The molecule has 10 nitrogen and oxygen atoms in total. The number of rotatable bonds is 6. The van der Waals surface area contributed by atoms with Crippen molar-refractivity contribution >= 4 is 23.1 Å². The van der Waals surface area contributed by atoms with Crippen LogP contribution in [0.4, 0.5) is 17.6 Å². The molecule has 1 aliphatic carbocycles. The van der Waals surface area contributed by atoms with Crippen molar-refractivity contribution in [3.05, 3.63) is 54.1 Å². The van der Waals surface area contributed by atoms with E-state index < -0.39 is 0 Å². The van der Waals surface area contributed by atoms with Crippen molar-refractivity contribution in [3.8, 4) is 16.9 Å². The summed E-state index contributed by atoms with van der Waals surface area (Å²) in [4.78, 5) is 16.0. The standard InChI is InChI=1S/C28H33N7O3/c1-18-13-24(25(17-29-18)38-23-5-3-22(36)4-6-23)20-7-8-35-21(15-20)16-27(33-35)31-26-14-19(2)30-28(32-26)34-9-11-37-12-10-34/h7-8,13-17,22-23,36H,3-6,9-12H2,1-2H3,(H,30,31,32,33). The van der Waals surface area contributed by atoms with Crippen LogP contribution in [0.1, 0.15) is 37.1 Å². The summed E-state index contributed by atoms with van der Waals surface area (Å²) < 4.78 is 13.7. The third-order valence-electron chi connectivity index (χ3n) is 7.11. The fourth-order valence-corrected chi connectivity index (χ4v) is 5.09. The average molecular weight is 516 g/mol. The van der Waals surface area contributed by atoms with Crippen molar-refractivity contribution in [1.82, 2.24) is 24.6 Å². The number of hydrogen-bond donors (Lipinski definition) is 2. The minimum Gasteiger partial charge on any atom is -0.488 e. The van der Waals surface area contributed by atoms with Gasteiger partial charge in [-0.05, 0) is 63.3 Å². The van der Waals surface area contributed by atoms with Gasteiger partial charge in [-0.2, -0.15) is 10.1 Å². The number of hydrogen-bond acceptors (Lipinski definition) is 9.